The zero-order valence-corrected chi connectivity index (χ0v) is 33.9. The minimum Gasteiger partial charge on any atom is -0.309 e. The molecule has 5 heteroatoms. The molecule has 0 spiro atoms. The maximum atomic E-state index is 5.70. The first kappa shape index (κ1) is 34.2. The highest BCUT2D eigenvalue weighted by atomic mass is 15.1. The smallest absolute Gasteiger partial charge is 0.162 e. The molecule has 0 N–H and O–H groups in total. The second-order valence-electron chi connectivity index (χ2n) is 16.5. The monoisotopic (exact) mass is 801 g/mol. The highest BCUT2D eigenvalue weighted by molar-refractivity contribution is 6.23. The SMILES string of the molecule is c1ccc(-n2c3ccccc3c3c(-c4nc(-n5c6ccccc6c6c(-n7c8ccccc8c8cc9ccccc9cc87)c7ccccc7cc65)c5ccccc5n4)cccc32)cc1. The van der Waals surface area contributed by atoms with Crippen LogP contribution in [0.25, 0.3) is 126 Å². The molecular formula is C58H35N5. The third kappa shape index (κ3) is 4.82. The van der Waals surface area contributed by atoms with Crippen LogP contribution in [0.15, 0.2) is 212 Å². The van der Waals surface area contributed by atoms with Crippen LogP contribution in [0.5, 0.6) is 0 Å². The Balaban J connectivity index is 1.12. The lowest BCUT2D eigenvalue weighted by Crippen LogP contribution is -2.03. The minimum atomic E-state index is 0.687. The molecule has 0 atom stereocenters. The molecule has 0 saturated heterocycles. The van der Waals surface area contributed by atoms with E-state index in [0.29, 0.717) is 5.82 Å². The van der Waals surface area contributed by atoms with Gasteiger partial charge in [0.25, 0.3) is 0 Å². The van der Waals surface area contributed by atoms with Crippen molar-refractivity contribution in [1.82, 2.24) is 23.7 Å². The molecule has 4 aromatic heterocycles. The fraction of sp³-hybridized carbons (Fsp3) is 0. The Labute approximate surface area is 360 Å². The molecule has 63 heavy (non-hydrogen) atoms. The number of aromatic nitrogens is 5. The summed E-state index contributed by atoms with van der Waals surface area (Å²) in [6, 6.07) is 76.6. The molecule has 0 aliphatic carbocycles. The molecule has 4 heterocycles. The fourth-order valence-corrected chi connectivity index (χ4v) is 10.5. The Morgan fingerprint density at radius 1 is 0.302 bits per heavy atom. The van der Waals surface area contributed by atoms with Gasteiger partial charge in [-0.05, 0) is 82.9 Å². The van der Waals surface area contributed by atoms with Gasteiger partial charge < -0.3 is 9.13 Å². The van der Waals surface area contributed by atoms with E-state index in [4.69, 9.17) is 9.97 Å². The lowest BCUT2D eigenvalue weighted by molar-refractivity contribution is 1.08. The first-order valence-electron chi connectivity index (χ1n) is 21.5. The largest absolute Gasteiger partial charge is 0.309 e. The quantitative estimate of drug-likeness (QED) is 0.178. The Hall–Kier alpha value is -8.54. The topological polar surface area (TPSA) is 40.6 Å². The summed E-state index contributed by atoms with van der Waals surface area (Å²) in [4.78, 5) is 11.1. The van der Waals surface area contributed by atoms with E-state index in [1.165, 1.54) is 43.4 Å². The highest BCUT2D eigenvalue weighted by Crippen LogP contribution is 2.45. The standard InChI is InChI=1S/C58H35N5/c1-2-20-39(21-3-1)61-49-30-14-10-25-43(49)54-45(27-16-32-51(54)61)57-59-47-28-12-8-24-42(47)58(60-57)63-50-31-15-11-26-44(50)55-53(63)35-38-19-6-7-22-40(38)56(55)62-48-29-13-9-23-41(48)46-33-36-17-4-5-18-37(36)34-52(46)62/h1-35H. The van der Waals surface area contributed by atoms with E-state index in [2.05, 4.69) is 226 Å². The zero-order valence-electron chi connectivity index (χ0n) is 33.9. The Morgan fingerprint density at radius 2 is 0.857 bits per heavy atom. The van der Waals surface area contributed by atoms with Crippen molar-refractivity contribution in [2.45, 2.75) is 0 Å². The summed E-state index contributed by atoms with van der Waals surface area (Å²) < 4.78 is 7.27. The van der Waals surface area contributed by atoms with Crippen LogP contribution in [0.3, 0.4) is 0 Å². The molecule has 0 saturated carbocycles. The fourth-order valence-electron chi connectivity index (χ4n) is 10.5. The number of rotatable bonds is 4. The van der Waals surface area contributed by atoms with Crippen molar-refractivity contribution in [3.8, 4) is 28.6 Å². The van der Waals surface area contributed by atoms with Crippen LogP contribution in [0.1, 0.15) is 0 Å². The summed E-state index contributed by atoms with van der Waals surface area (Å²) in [6.45, 7) is 0. The maximum absolute atomic E-state index is 5.70. The van der Waals surface area contributed by atoms with Crippen molar-refractivity contribution < 1.29 is 0 Å². The molecular weight excluding hydrogens is 767 g/mol. The van der Waals surface area contributed by atoms with Crippen LogP contribution in [0.2, 0.25) is 0 Å². The van der Waals surface area contributed by atoms with Crippen LogP contribution >= 0.6 is 0 Å². The predicted molar refractivity (Wildman–Crippen MR) is 263 cm³/mol. The van der Waals surface area contributed by atoms with Crippen LogP contribution in [0, 0.1) is 0 Å². The number of benzene rings is 10. The number of fused-ring (bicyclic) bond motifs is 12. The third-order valence-corrected chi connectivity index (χ3v) is 13.2. The summed E-state index contributed by atoms with van der Waals surface area (Å²) in [5.74, 6) is 1.53. The van der Waals surface area contributed by atoms with Gasteiger partial charge in [0, 0.05) is 54.3 Å². The average Bonchev–Trinajstić information content (AvgIpc) is 3.98. The van der Waals surface area contributed by atoms with Gasteiger partial charge in [-0.2, -0.15) is 0 Å². The lowest BCUT2D eigenvalue weighted by Gasteiger charge is -2.16. The third-order valence-electron chi connectivity index (χ3n) is 13.2. The highest BCUT2D eigenvalue weighted by Gasteiger charge is 2.25. The van der Waals surface area contributed by atoms with Crippen molar-refractivity contribution in [2.75, 3.05) is 0 Å². The first-order valence-corrected chi connectivity index (χ1v) is 21.5. The van der Waals surface area contributed by atoms with E-state index in [1.807, 2.05) is 0 Å². The molecule has 14 rings (SSSR count). The van der Waals surface area contributed by atoms with Gasteiger partial charge in [-0.15, -0.1) is 0 Å². The van der Waals surface area contributed by atoms with Crippen molar-refractivity contribution in [3.63, 3.8) is 0 Å². The van der Waals surface area contributed by atoms with Crippen LogP contribution < -0.4 is 0 Å². The summed E-state index contributed by atoms with van der Waals surface area (Å²) >= 11 is 0. The van der Waals surface area contributed by atoms with Gasteiger partial charge in [-0.25, -0.2) is 9.97 Å². The Kier molecular flexibility index (Phi) is 7.05. The number of hydrogen-bond donors (Lipinski definition) is 0. The second kappa shape index (κ2) is 13.0. The van der Waals surface area contributed by atoms with Crippen molar-refractivity contribution >= 4 is 97.9 Å². The van der Waals surface area contributed by atoms with Gasteiger partial charge in [0.15, 0.2) is 5.82 Å². The van der Waals surface area contributed by atoms with E-state index in [1.54, 1.807) is 0 Å². The van der Waals surface area contributed by atoms with Gasteiger partial charge in [0.2, 0.25) is 0 Å². The molecule has 0 aliphatic rings. The summed E-state index contributed by atoms with van der Waals surface area (Å²) in [5, 5.41) is 12.9. The van der Waals surface area contributed by atoms with Gasteiger partial charge in [0.05, 0.1) is 44.3 Å². The van der Waals surface area contributed by atoms with E-state index in [9.17, 15) is 0 Å². The Morgan fingerprint density at radius 3 is 1.63 bits per heavy atom. The first-order chi connectivity index (χ1) is 31.3. The van der Waals surface area contributed by atoms with E-state index >= 15 is 0 Å². The number of nitrogens with zero attached hydrogens (tertiary/aromatic N) is 5. The van der Waals surface area contributed by atoms with Gasteiger partial charge >= 0.3 is 0 Å². The molecule has 0 radical (unpaired) electrons. The summed E-state index contributed by atoms with van der Waals surface area (Å²) in [6.07, 6.45) is 0. The van der Waals surface area contributed by atoms with Crippen molar-refractivity contribution in [2.24, 2.45) is 0 Å². The van der Waals surface area contributed by atoms with Crippen LogP contribution in [-0.2, 0) is 0 Å². The molecule has 0 aliphatic heterocycles. The maximum Gasteiger partial charge on any atom is 0.162 e. The predicted octanol–water partition coefficient (Wildman–Crippen LogP) is 14.9. The average molecular weight is 802 g/mol. The van der Waals surface area contributed by atoms with Crippen molar-refractivity contribution in [1.29, 1.82) is 0 Å². The molecule has 14 aromatic rings. The molecule has 10 aromatic carbocycles. The van der Waals surface area contributed by atoms with Gasteiger partial charge in [-0.1, -0.05) is 146 Å². The van der Waals surface area contributed by atoms with Crippen molar-refractivity contribution in [3.05, 3.63) is 212 Å². The van der Waals surface area contributed by atoms with Crippen LogP contribution in [0.4, 0.5) is 0 Å². The molecule has 0 amide bonds. The zero-order chi connectivity index (χ0) is 41.2. The molecule has 0 unspecified atom stereocenters. The summed E-state index contributed by atoms with van der Waals surface area (Å²) in [7, 11) is 0. The second-order valence-corrected chi connectivity index (χ2v) is 16.5. The molecule has 0 bridgehead atoms. The van der Waals surface area contributed by atoms with Gasteiger partial charge in [-0.3, -0.25) is 4.57 Å². The van der Waals surface area contributed by atoms with E-state index in [0.717, 1.165) is 77.3 Å². The van der Waals surface area contributed by atoms with E-state index < -0.39 is 0 Å². The minimum absolute atomic E-state index is 0.687. The molecule has 292 valence electrons. The number of hydrogen-bond acceptors (Lipinski definition) is 2. The normalized spacial score (nSPS) is 12.1. The summed E-state index contributed by atoms with van der Waals surface area (Å²) in [5.41, 5.74) is 11.0. The lowest BCUT2D eigenvalue weighted by atomic mass is 10.0. The van der Waals surface area contributed by atoms with Gasteiger partial charge in [0.1, 0.15) is 5.82 Å². The van der Waals surface area contributed by atoms with E-state index in [-0.39, 0.29) is 0 Å². The molecule has 5 nitrogen and oxygen atoms in total. The van der Waals surface area contributed by atoms with Crippen LogP contribution in [-0.4, -0.2) is 23.7 Å². The number of para-hydroxylation sites is 5. The Bertz CT molecular complexity index is 4210. The molecule has 0 fully saturated rings.